The number of urea groups is 1. The molecular weight excluding hydrogens is 392 g/mol. The van der Waals surface area contributed by atoms with E-state index in [2.05, 4.69) is 15.3 Å². The summed E-state index contributed by atoms with van der Waals surface area (Å²) in [4.78, 5) is 34.8. The van der Waals surface area contributed by atoms with Crippen molar-refractivity contribution in [3.05, 3.63) is 86.6 Å². The van der Waals surface area contributed by atoms with Gasteiger partial charge in [0.15, 0.2) is 0 Å². The van der Waals surface area contributed by atoms with E-state index in [0.717, 1.165) is 33.8 Å². The molecular formula is C24H26N4O3. The highest BCUT2D eigenvalue weighted by Crippen LogP contribution is 2.22. The van der Waals surface area contributed by atoms with Crippen LogP contribution in [0.4, 0.5) is 10.5 Å². The summed E-state index contributed by atoms with van der Waals surface area (Å²) in [6, 6.07) is 13.3. The molecule has 7 nitrogen and oxygen atoms in total. The number of methoxy groups -OCH3 is 1. The Morgan fingerprint density at radius 2 is 2.00 bits per heavy atom. The minimum Gasteiger partial charge on any atom is -0.496 e. The zero-order valence-corrected chi connectivity index (χ0v) is 18.0. The Kier molecular flexibility index (Phi) is 5.75. The number of aryl methyl sites for hydroxylation is 1. The lowest BCUT2D eigenvalue weighted by Crippen LogP contribution is -2.42. The predicted molar refractivity (Wildman–Crippen MR) is 120 cm³/mol. The monoisotopic (exact) mass is 418 g/mol. The summed E-state index contributed by atoms with van der Waals surface area (Å²) in [5.74, 6) is 1.36. The van der Waals surface area contributed by atoms with E-state index in [9.17, 15) is 9.59 Å². The van der Waals surface area contributed by atoms with Crippen LogP contribution in [-0.4, -0.2) is 34.6 Å². The van der Waals surface area contributed by atoms with Crippen molar-refractivity contribution in [1.29, 1.82) is 0 Å². The summed E-state index contributed by atoms with van der Waals surface area (Å²) in [5.41, 5.74) is 5.00. The molecule has 0 fully saturated rings. The van der Waals surface area contributed by atoms with Crippen LogP contribution < -0.4 is 15.6 Å². The van der Waals surface area contributed by atoms with Crippen molar-refractivity contribution < 1.29 is 9.53 Å². The minimum absolute atomic E-state index is 0.195. The van der Waals surface area contributed by atoms with Gasteiger partial charge in [-0.3, -0.25) is 4.79 Å². The maximum atomic E-state index is 12.8. The molecule has 2 aromatic carbocycles. The molecule has 0 atom stereocenters. The molecule has 0 radical (unpaired) electrons. The SMILES string of the molecule is COc1ccccc1Cc1nc2c(c(=O)[nH]1)CN(C(=O)Nc1cccc(C)c1C)CC2. The molecule has 3 aromatic rings. The molecule has 0 saturated carbocycles. The van der Waals surface area contributed by atoms with E-state index in [4.69, 9.17) is 4.74 Å². The first-order chi connectivity index (χ1) is 15.0. The normalized spacial score (nSPS) is 12.9. The zero-order valence-electron chi connectivity index (χ0n) is 18.0. The highest BCUT2D eigenvalue weighted by molar-refractivity contribution is 5.90. The van der Waals surface area contributed by atoms with Gasteiger partial charge in [0, 0.05) is 30.6 Å². The molecule has 2 heterocycles. The van der Waals surface area contributed by atoms with E-state index < -0.39 is 0 Å². The van der Waals surface area contributed by atoms with Gasteiger partial charge >= 0.3 is 6.03 Å². The second-order valence-corrected chi connectivity index (χ2v) is 7.78. The van der Waals surface area contributed by atoms with E-state index in [1.165, 1.54) is 0 Å². The fraction of sp³-hybridized carbons (Fsp3) is 0.292. The first-order valence-electron chi connectivity index (χ1n) is 10.3. The van der Waals surface area contributed by atoms with Crippen molar-refractivity contribution in [3.8, 4) is 5.75 Å². The largest absolute Gasteiger partial charge is 0.496 e. The third-order valence-corrected chi connectivity index (χ3v) is 5.80. The van der Waals surface area contributed by atoms with E-state index >= 15 is 0 Å². The lowest BCUT2D eigenvalue weighted by atomic mass is 10.1. The van der Waals surface area contributed by atoms with Crippen LogP contribution in [0.25, 0.3) is 0 Å². The number of hydrogen-bond donors (Lipinski definition) is 2. The van der Waals surface area contributed by atoms with Gasteiger partial charge in [-0.15, -0.1) is 0 Å². The number of para-hydroxylation sites is 1. The molecule has 0 bridgehead atoms. The fourth-order valence-electron chi connectivity index (χ4n) is 3.84. The predicted octanol–water partition coefficient (Wildman–Crippen LogP) is 3.58. The molecule has 2 N–H and O–H groups in total. The Labute approximate surface area is 181 Å². The summed E-state index contributed by atoms with van der Waals surface area (Å²) in [7, 11) is 1.62. The standard InChI is InChI=1S/C24H26N4O3/c1-15-7-6-9-19(16(15)2)26-24(30)28-12-11-20-18(14-28)23(29)27-22(25-20)13-17-8-4-5-10-21(17)31-3/h4-10H,11-14H2,1-3H3,(H,26,30)(H,25,27,29). The summed E-state index contributed by atoms with van der Waals surface area (Å²) in [6.45, 7) is 4.74. The Balaban J connectivity index is 1.51. The molecule has 7 heteroatoms. The van der Waals surface area contributed by atoms with Gasteiger partial charge in [0.2, 0.25) is 0 Å². The van der Waals surface area contributed by atoms with Crippen molar-refractivity contribution in [3.63, 3.8) is 0 Å². The number of nitrogens with zero attached hydrogens (tertiary/aromatic N) is 2. The van der Waals surface area contributed by atoms with Crippen LogP contribution in [-0.2, 0) is 19.4 Å². The third kappa shape index (κ3) is 4.30. The lowest BCUT2D eigenvalue weighted by molar-refractivity contribution is 0.205. The molecule has 0 unspecified atom stereocenters. The molecule has 4 rings (SSSR count). The topological polar surface area (TPSA) is 87.3 Å². The molecule has 0 spiro atoms. The van der Waals surface area contributed by atoms with Gasteiger partial charge in [0.05, 0.1) is 24.9 Å². The van der Waals surface area contributed by atoms with Crippen LogP contribution in [0, 0.1) is 13.8 Å². The number of benzene rings is 2. The zero-order chi connectivity index (χ0) is 22.0. The van der Waals surface area contributed by atoms with Gasteiger partial charge < -0.3 is 19.9 Å². The molecule has 1 aliphatic rings. The van der Waals surface area contributed by atoms with Gasteiger partial charge in [-0.2, -0.15) is 0 Å². The number of anilines is 1. The first kappa shape index (κ1) is 20.7. The first-order valence-corrected chi connectivity index (χ1v) is 10.3. The average Bonchev–Trinajstić information content (AvgIpc) is 2.77. The smallest absolute Gasteiger partial charge is 0.322 e. The number of rotatable bonds is 4. The van der Waals surface area contributed by atoms with Crippen LogP contribution in [0.15, 0.2) is 47.3 Å². The Bertz CT molecular complexity index is 1190. The van der Waals surface area contributed by atoms with E-state index in [1.807, 2.05) is 56.3 Å². The van der Waals surface area contributed by atoms with Gasteiger partial charge in [-0.25, -0.2) is 9.78 Å². The second kappa shape index (κ2) is 8.63. The molecule has 1 aromatic heterocycles. The summed E-state index contributed by atoms with van der Waals surface area (Å²) >= 11 is 0. The van der Waals surface area contributed by atoms with Crippen LogP contribution in [0.3, 0.4) is 0 Å². The fourth-order valence-corrected chi connectivity index (χ4v) is 3.84. The summed E-state index contributed by atoms with van der Waals surface area (Å²) < 4.78 is 5.39. The van der Waals surface area contributed by atoms with Crippen LogP contribution in [0.1, 0.15) is 33.8 Å². The maximum absolute atomic E-state index is 12.8. The summed E-state index contributed by atoms with van der Waals surface area (Å²) in [6.07, 6.45) is 1.02. The lowest BCUT2D eigenvalue weighted by Gasteiger charge is -2.28. The quantitative estimate of drug-likeness (QED) is 0.678. The molecule has 31 heavy (non-hydrogen) atoms. The highest BCUT2D eigenvalue weighted by Gasteiger charge is 2.25. The highest BCUT2D eigenvalue weighted by atomic mass is 16.5. The van der Waals surface area contributed by atoms with Gasteiger partial charge in [0.25, 0.3) is 5.56 Å². The van der Waals surface area contributed by atoms with Crippen LogP contribution >= 0.6 is 0 Å². The number of ether oxygens (including phenoxy) is 1. The molecule has 0 aliphatic carbocycles. The maximum Gasteiger partial charge on any atom is 0.322 e. The number of H-pyrrole nitrogens is 1. The van der Waals surface area contributed by atoms with Crippen molar-refractivity contribution in [2.24, 2.45) is 0 Å². The van der Waals surface area contributed by atoms with Crippen LogP contribution in [0.2, 0.25) is 0 Å². The van der Waals surface area contributed by atoms with E-state index in [1.54, 1.807) is 12.0 Å². The van der Waals surface area contributed by atoms with Crippen LogP contribution in [0.5, 0.6) is 5.75 Å². The van der Waals surface area contributed by atoms with Crippen molar-refractivity contribution in [2.75, 3.05) is 19.0 Å². The van der Waals surface area contributed by atoms with Crippen molar-refractivity contribution in [1.82, 2.24) is 14.9 Å². The van der Waals surface area contributed by atoms with Crippen molar-refractivity contribution >= 4 is 11.7 Å². The number of hydrogen-bond acceptors (Lipinski definition) is 4. The molecule has 2 amide bonds. The molecule has 1 aliphatic heterocycles. The van der Waals surface area contributed by atoms with Gasteiger partial charge in [-0.05, 0) is 37.1 Å². The average molecular weight is 418 g/mol. The van der Waals surface area contributed by atoms with Gasteiger partial charge in [-0.1, -0.05) is 30.3 Å². The summed E-state index contributed by atoms with van der Waals surface area (Å²) in [5, 5.41) is 2.97. The van der Waals surface area contributed by atoms with Crippen molar-refractivity contribution in [2.45, 2.75) is 33.2 Å². The Morgan fingerprint density at radius 3 is 2.81 bits per heavy atom. The molecule has 160 valence electrons. The number of carbonyl (C=O) groups is 1. The second-order valence-electron chi connectivity index (χ2n) is 7.78. The number of amides is 2. The Hall–Kier alpha value is -3.61. The third-order valence-electron chi connectivity index (χ3n) is 5.80. The minimum atomic E-state index is -0.211. The number of nitrogens with one attached hydrogen (secondary N) is 2. The number of fused-ring (bicyclic) bond motifs is 1. The Morgan fingerprint density at radius 1 is 1.19 bits per heavy atom. The number of carbonyl (C=O) groups excluding carboxylic acids is 1. The van der Waals surface area contributed by atoms with E-state index in [0.29, 0.717) is 30.8 Å². The van der Waals surface area contributed by atoms with E-state index in [-0.39, 0.29) is 18.1 Å². The number of aromatic nitrogens is 2. The molecule has 0 saturated heterocycles. The van der Waals surface area contributed by atoms with Gasteiger partial charge in [0.1, 0.15) is 11.6 Å². The number of aromatic amines is 1.